The fourth-order valence-electron chi connectivity index (χ4n) is 4.06. The Morgan fingerprint density at radius 2 is 1.97 bits per heavy atom. The van der Waals surface area contributed by atoms with Crippen LogP contribution in [-0.2, 0) is 6.42 Å². The number of nitriles is 1. The number of aromatic nitrogens is 2. The number of nitrogen functional groups attached to an aromatic ring is 1. The van der Waals surface area contributed by atoms with Crippen molar-refractivity contribution >= 4 is 11.7 Å². The third kappa shape index (κ3) is 4.08. The molecule has 3 aromatic rings. The molecular formula is C23H23FN6O. The molecule has 4 N–H and O–H groups in total. The number of halogens is 1. The van der Waals surface area contributed by atoms with Crippen LogP contribution < -0.4 is 11.5 Å². The first-order valence-electron chi connectivity index (χ1n) is 10.1. The number of hydrogen-bond acceptors (Lipinski definition) is 5. The molecule has 1 atom stereocenters. The van der Waals surface area contributed by atoms with E-state index in [9.17, 15) is 14.4 Å². The van der Waals surface area contributed by atoms with Crippen molar-refractivity contribution < 1.29 is 9.18 Å². The second-order valence-electron chi connectivity index (χ2n) is 7.72. The second kappa shape index (κ2) is 8.48. The smallest absolute Gasteiger partial charge is 0.254 e. The van der Waals surface area contributed by atoms with Gasteiger partial charge in [-0.05, 0) is 30.0 Å². The van der Waals surface area contributed by atoms with E-state index in [1.54, 1.807) is 27.8 Å². The number of primary amides is 1. The standard InChI is InChI=1S/C23H23FN6O/c24-19-6-2-1-4-17(19)12-15-7-9-16(10-8-15)21-20(23(27)31)22(26)30(28-21)18-5-3-11-29(13-18)14-25/h1-2,4,6-10,18H,3,5,11-13,26H2,(H2,27,31)/t18-/m1/s1. The van der Waals surface area contributed by atoms with Crippen LogP contribution >= 0.6 is 0 Å². The van der Waals surface area contributed by atoms with Gasteiger partial charge >= 0.3 is 0 Å². The summed E-state index contributed by atoms with van der Waals surface area (Å²) in [6, 6.07) is 14.0. The van der Waals surface area contributed by atoms with E-state index in [2.05, 4.69) is 11.3 Å². The topological polar surface area (TPSA) is 114 Å². The summed E-state index contributed by atoms with van der Waals surface area (Å²) in [7, 11) is 0. The van der Waals surface area contributed by atoms with E-state index in [1.807, 2.05) is 24.3 Å². The van der Waals surface area contributed by atoms with Crippen molar-refractivity contribution in [3.05, 3.63) is 71.0 Å². The van der Waals surface area contributed by atoms with Gasteiger partial charge in [-0.2, -0.15) is 10.4 Å². The van der Waals surface area contributed by atoms with Crippen LogP contribution in [0.1, 0.15) is 40.4 Å². The van der Waals surface area contributed by atoms with E-state index < -0.39 is 5.91 Å². The highest BCUT2D eigenvalue weighted by Crippen LogP contribution is 2.32. The molecule has 31 heavy (non-hydrogen) atoms. The first kappa shape index (κ1) is 20.4. The molecule has 0 saturated carbocycles. The van der Waals surface area contributed by atoms with E-state index >= 15 is 0 Å². The molecule has 1 fully saturated rings. The maximum atomic E-state index is 13.9. The van der Waals surface area contributed by atoms with Crippen LogP contribution in [0.25, 0.3) is 11.3 Å². The normalized spacial score (nSPS) is 16.1. The number of nitrogens with zero attached hydrogens (tertiary/aromatic N) is 4. The first-order valence-corrected chi connectivity index (χ1v) is 10.1. The van der Waals surface area contributed by atoms with Gasteiger partial charge in [0, 0.05) is 18.5 Å². The maximum Gasteiger partial charge on any atom is 0.254 e. The van der Waals surface area contributed by atoms with Gasteiger partial charge in [0.2, 0.25) is 0 Å². The Morgan fingerprint density at radius 3 is 2.65 bits per heavy atom. The number of benzene rings is 2. The molecule has 0 spiro atoms. The Balaban J connectivity index is 1.65. The molecule has 0 unspecified atom stereocenters. The number of hydrogen-bond donors (Lipinski definition) is 2. The van der Waals surface area contributed by atoms with E-state index in [0.717, 1.165) is 18.4 Å². The molecule has 2 heterocycles. The van der Waals surface area contributed by atoms with E-state index in [0.29, 0.717) is 36.3 Å². The van der Waals surface area contributed by atoms with Gasteiger partial charge < -0.3 is 16.4 Å². The molecule has 1 saturated heterocycles. The Labute approximate surface area is 179 Å². The zero-order valence-corrected chi connectivity index (χ0v) is 17.0. The lowest BCUT2D eigenvalue weighted by Gasteiger charge is -2.29. The number of piperidine rings is 1. The van der Waals surface area contributed by atoms with Gasteiger partial charge in [0.15, 0.2) is 6.19 Å². The summed E-state index contributed by atoms with van der Waals surface area (Å²) in [6.45, 7) is 1.19. The lowest BCUT2D eigenvalue weighted by molar-refractivity contribution is 0.100. The number of carbonyl (C=O) groups excluding carboxylic acids is 1. The van der Waals surface area contributed by atoms with E-state index in [4.69, 9.17) is 11.5 Å². The van der Waals surface area contributed by atoms with Crippen molar-refractivity contribution in [3.63, 3.8) is 0 Å². The Bertz CT molecular complexity index is 1150. The quantitative estimate of drug-likeness (QED) is 0.618. The molecule has 1 aliphatic rings. The van der Waals surface area contributed by atoms with Crippen LogP contribution in [0.2, 0.25) is 0 Å². The van der Waals surface area contributed by atoms with Gasteiger partial charge in [-0.1, -0.05) is 42.5 Å². The highest BCUT2D eigenvalue weighted by Gasteiger charge is 2.28. The van der Waals surface area contributed by atoms with Gasteiger partial charge in [-0.3, -0.25) is 4.79 Å². The van der Waals surface area contributed by atoms with Crippen LogP contribution in [0.3, 0.4) is 0 Å². The van der Waals surface area contributed by atoms with Crippen molar-refractivity contribution in [3.8, 4) is 17.5 Å². The van der Waals surface area contributed by atoms with Crippen molar-refractivity contribution in [1.29, 1.82) is 5.26 Å². The van der Waals surface area contributed by atoms with E-state index in [-0.39, 0.29) is 23.2 Å². The fourth-order valence-corrected chi connectivity index (χ4v) is 4.06. The third-order valence-corrected chi connectivity index (χ3v) is 5.66. The van der Waals surface area contributed by atoms with Gasteiger partial charge in [0.05, 0.1) is 12.6 Å². The van der Waals surface area contributed by atoms with Crippen LogP contribution in [0, 0.1) is 17.3 Å². The molecule has 0 aliphatic carbocycles. The SMILES string of the molecule is N#CN1CCC[C@@H](n2nc(-c3ccc(Cc4ccccc4F)cc3)c(C(N)=O)c2N)C1. The molecule has 1 amide bonds. The van der Waals surface area contributed by atoms with Crippen LogP contribution in [-0.4, -0.2) is 33.7 Å². The number of likely N-dealkylation sites (tertiary alicyclic amines) is 1. The van der Waals surface area contributed by atoms with Crippen LogP contribution in [0.5, 0.6) is 0 Å². The summed E-state index contributed by atoms with van der Waals surface area (Å²) in [6.07, 6.45) is 4.26. The van der Waals surface area contributed by atoms with Gasteiger partial charge in [0.1, 0.15) is 22.9 Å². The third-order valence-electron chi connectivity index (χ3n) is 5.66. The highest BCUT2D eigenvalue weighted by atomic mass is 19.1. The average molecular weight is 418 g/mol. The van der Waals surface area contributed by atoms with Crippen molar-refractivity contribution in [1.82, 2.24) is 14.7 Å². The summed E-state index contributed by atoms with van der Waals surface area (Å²) < 4.78 is 15.6. The minimum atomic E-state index is -0.651. The number of rotatable bonds is 5. The first-order chi connectivity index (χ1) is 15.0. The monoisotopic (exact) mass is 418 g/mol. The molecule has 0 bridgehead atoms. The highest BCUT2D eigenvalue weighted by molar-refractivity contribution is 6.03. The van der Waals surface area contributed by atoms with Crippen molar-refractivity contribution in [2.24, 2.45) is 5.73 Å². The largest absolute Gasteiger partial charge is 0.383 e. The Kier molecular flexibility index (Phi) is 5.58. The van der Waals surface area contributed by atoms with Crippen LogP contribution in [0.4, 0.5) is 10.2 Å². The fraction of sp³-hybridized carbons (Fsp3) is 0.261. The number of carbonyl (C=O) groups is 1. The second-order valence-corrected chi connectivity index (χ2v) is 7.72. The Morgan fingerprint density at radius 1 is 1.23 bits per heavy atom. The lowest BCUT2D eigenvalue weighted by atomic mass is 10.0. The number of anilines is 1. The van der Waals surface area contributed by atoms with Crippen molar-refractivity contribution in [2.75, 3.05) is 18.8 Å². The predicted molar refractivity (Wildman–Crippen MR) is 115 cm³/mol. The van der Waals surface area contributed by atoms with E-state index in [1.165, 1.54) is 6.07 Å². The predicted octanol–water partition coefficient (Wildman–Crippen LogP) is 3.08. The molecule has 8 heteroatoms. The molecule has 7 nitrogen and oxygen atoms in total. The van der Waals surface area contributed by atoms with Crippen LogP contribution in [0.15, 0.2) is 48.5 Å². The zero-order valence-electron chi connectivity index (χ0n) is 17.0. The molecule has 0 radical (unpaired) electrons. The lowest BCUT2D eigenvalue weighted by Crippen LogP contribution is -2.34. The summed E-state index contributed by atoms with van der Waals surface area (Å²) in [5, 5.41) is 13.8. The summed E-state index contributed by atoms with van der Waals surface area (Å²) in [4.78, 5) is 13.8. The maximum absolute atomic E-state index is 13.9. The van der Waals surface area contributed by atoms with Gasteiger partial charge in [-0.15, -0.1) is 0 Å². The molecule has 1 aliphatic heterocycles. The van der Waals surface area contributed by atoms with Gasteiger partial charge in [0.25, 0.3) is 5.91 Å². The molecular weight excluding hydrogens is 395 g/mol. The molecule has 158 valence electrons. The summed E-state index contributed by atoms with van der Waals surface area (Å²) >= 11 is 0. The minimum Gasteiger partial charge on any atom is -0.383 e. The Hall–Kier alpha value is -3.86. The average Bonchev–Trinajstić information content (AvgIpc) is 3.13. The summed E-state index contributed by atoms with van der Waals surface area (Å²) in [5.41, 5.74) is 14.7. The van der Waals surface area contributed by atoms with Crippen molar-refractivity contribution in [2.45, 2.75) is 25.3 Å². The molecule has 4 rings (SSSR count). The number of amides is 1. The molecule has 2 aromatic carbocycles. The van der Waals surface area contributed by atoms with Gasteiger partial charge in [-0.25, -0.2) is 9.07 Å². The number of nitrogens with two attached hydrogens (primary N) is 2. The minimum absolute atomic E-state index is 0.111. The molecule has 1 aromatic heterocycles. The zero-order chi connectivity index (χ0) is 22.0. The summed E-state index contributed by atoms with van der Waals surface area (Å²) in [5.74, 6) is -0.683.